The van der Waals surface area contributed by atoms with Crippen LogP contribution in [0.2, 0.25) is 0 Å². The molecule has 7 heteroatoms. The van der Waals surface area contributed by atoms with Crippen molar-refractivity contribution < 1.29 is 23.1 Å². The van der Waals surface area contributed by atoms with E-state index in [0.717, 1.165) is 0 Å². The molecule has 0 aromatic heterocycles. The van der Waals surface area contributed by atoms with Crippen LogP contribution < -0.4 is 4.72 Å². The van der Waals surface area contributed by atoms with Gasteiger partial charge in [-0.25, -0.2) is 13.1 Å². The summed E-state index contributed by atoms with van der Waals surface area (Å²) in [6, 6.07) is 0. The lowest BCUT2D eigenvalue weighted by Crippen LogP contribution is -2.39. The van der Waals surface area contributed by atoms with Crippen LogP contribution in [0.5, 0.6) is 0 Å². The molecule has 96 valence electrons. The van der Waals surface area contributed by atoms with Gasteiger partial charge in [0, 0.05) is 20.3 Å². The molecule has 0 fully saturated rings. The molecule has 0 aliphatic carbocycles. The third-order valence-electron chi connectivity index (χ3n) is 2.07. The second kappa shape index (κ2) is 6.17. The van der Waals surface area contributed by atoms with E-state index in [9.17, 15) is 13.2 Å². The highest BCUT2D eigenvalue weighted by atomic mass is 32.2. The van der Waals surface area contributed by atoms with Gasteiger partial charge in [0.1, 0.15) is 0 Å². The highest BCUT2D eigenvalue weighted by Crippen LogP contribution is 2.13. The zero-order chi connectivity index (χ0) is 12.8. The van der Waals surface area contributed by atoms with E-state index in [0.29, 0.717) is 13.0 Å². The summed E-state index contributed by atoms with van der Waals surface area (Å²) in [5.74, 6) is -1.09. The Kier molecular flexibility index (Phi) is 5.91. The first kappa shape index (κ1) is 15.3. The number of sulfonamides is 1. The average molecular weight is 253 g/mol. The summed E-state index contributed by atoms with van der Waals surface area (Å²) < 4.78 is 29.8. The predicted octanol–water partition coefficient (Wildman–Crippen LogP) is 0.0531. The third kappa shape index (κ3) is 6.04. The molecule has 0 rings (SSSR count). The van der Waals surface area contributed by atoms with Gasteiger partial charge in [-0.1, -0.05) is 0 Å². The normalized spacial score (nSPS) is 12.7. The Morgan fingerprint density at radius 1 is 1.44 bits per heavy atom. The van der Waals surface area contributed by atoms with Crippen molar-refractivity contribution in [2.45, 2.75) is 20.3 Å². The molecule has 0 aliphatic heterocycles. The van der Waals surface area contributed by atoms with Gasteiger partial charge in [-0.05, 0) is 20.3 Å². The van der Waals surface area contributed by atoms with Gasteiger partial charge in [-0.2, -0.15) is 0 Å². The van der Waals surface area contributed by atoms with Gasteiger partial charge >= 0.3 is 5.97 Å². The van der Waals surface area contributed by atoms with Crippen LogP contribution in [0.15, 0.2) is 0 Å². The van der Waals surface area contributed by atoms with Crippen molar-refractivity contribution in [1.82, 2.24) is 4.72 Å². The Morgan fingerprint density at radius 2 is 2.00 bits per heavy atom. The van der Waals surface area contributed by atoms with Gasteiger partial charge in [-0.3, -0.25) is 4.79 Å². The van der Waals surface area contributed by atoms with Crippen LogP contribution in [-0.2, 0) is 19.6 Å². The maximum absolute atomic E-state index is 11.4. The van der Waals surface area contributed by atoms with E-state index in [2.05, 4.69) is 4.72 Å². The van der Waals surface area contributed by atoms with E-state index < -0.39 is 21.4 Å². The highest BCUT2D eigenvalue weighted by molar-refractivity contribution is 7.89. The Hall–Kier alpha value is -0.660. The van der Waals surface area contributed by atoms with Gasteiger partial charge in [0.05, 0.1) is 11.2 Å². The molecule has 0 unspecified atom stereocenters. The lowest BCUT2D eigenvalue weighted by Gasteiger charge is -2.19. The number of carbonyl (C=O) groups is 1. The molecule has 0 spiro atoms. The quantitative estimate of drug-likeness (QED) is 0.596. The first-order valence-corrected chi connectivity index (χ1v) is 6.56. The number of aliphatic carboxylic acids is 1. The largest absolute Gasteiger partial charge is 0.481 e. The molecule has 16 heavy (non-hydrogen) atoms. The Balaban J connectivity index is 4.14. The Morgan fingerprint density at radius 3 is 2.44 bits per heavy atom. The number of rotatable bonds is 8. The average Bonchev–Trinajstić information content (AvgIpc) is 2.15. The topological polar surface area (TPSA) is 92.7 Å². The monoisotopic (exact) mass is 253 g/mol. The molecule has 0 saturated heterocycles. The third-order valence-corrected chi connectivity index (χ3v) is 3.48. The van der Waals surface area contributed by atoms with Crippen molar-refractivity contribution in [3.63, 3.8) is 0 Å². The fourth-order valence-electron chi connectivity index (χ4n) is 0.831. The van der Waals surface area contributed by atoms with Crippen LogP contribution in [-0.4, -0.2) is 45.5 Å². The second-order valence-corrected chi connectivity index (χ2v) is 6.10. The Labute approximate surface area is 96.0 Å². The lowest BCUT2D eigenvalue weighted by molar-refractivity contribution is -0.146. The minimum atomic E-state index is -3.41. The number of methoxy groups -OCH3 is 1. The minimum absolute atomic E-state index is 0.0590. The molecule has 0 aromatic rings. The molecule has 0 bridgehead atoms. The molecule has 2 N–H and O–H groups in total. The van der Waals surface area contributed by atoms with Crippen LogP contribution in [0.25, 0.3) is 0 Å². The van der Waals surface area contributed by atoms with E-state index in [1.165, 1.54) is 21.0 Å². The summed E-state index contributed by atoms with van der Waals surface area (Å²) in [4.78, 5) is 10.7. The standard InChI is InChI=1S/C9H19NO5S/c1-9(2,8(11)12)7-10-16(13,14)6-4-5-15-3/h10H,4-7H2,1-3H3,(H,11,12). The molecule has 0 aliphatic rings. The van der Waals surface area contributed by atoms with Gasteiger partial charge in [-0.15, -0.1) is 0 Å². The fourth-order valence-corrected chi connectivity index (χ4v) is 2.05. The fraction of sp³-hybridized carbons (Fsp3) is 0.889. The van der Waals surface area contributed by atoms with Crippen LogP contribution >= 0.6 is 0 Å². The summed E-state index contributed by atoms with van der Waals surface area (Å²) in [5.41, 5.74) is -1.10. The molecular weight excluding hydrogens is 234 g/mol. The van der Waals surface area contributed by atoms with Gasteiger partial charge in [0.25, 0.3) is 0 Å². The molecule has 0 atom stereocenters. The molecule has 0 amide bonds. The number of hydrogen-bond acceptors (Lipinski definition) is 4. The molecule has 6 nitrogen and oxygen atoms in total. The van der Waals surface area contributed by atoms with Crippen LogP contribution in [0.1, 0.15) is 20.3 Å². The zero-order valence-electron chi connectivity index (χ0n) is 9.82. The van der Waals surface area contributed by atoms with Crippen LogP contribution in [0.3, 0.4) is 0 Å². The van der Waals surface area contributed by atoms with E-state index in [1.54, 1.807) is 0 Å². The van der Waals surface area contributed by atoms with E-state index in [-0.39, 0.29) is 12.3 Å². The van der Waals surface area contributed by atoms with Gasteiger partial charge in [0.15, 0.2) is 0 Å². The summed E-state index contributed by atoms with van der Waals surface area (Å²) in [5, 5.41) is 8.80. The van der Waals surface area contributed by atoms with Crippen LogP contribution in [0.4, 0.5) is 0 Å². The van der Waals surface area contributed by atoms with Gasteiger partial charge in [0.2, 0.25) is 10.0 Å². The van der Waals surface area contributed by atoms with Crippen molar-refractivity contribution in [1.29, 1.82) is 0 Å². The predicted molar refractivity (Wildman–Crippen MR) is 59.7 cm³/mol. The Bertz CT molecular complexity index is 323. The first-order valence-electron chi connectivity index (χ1n) is 4.91. The lowest BCUT2D eigenvalue weighted by atomic mass is 9.95. The maximum Gasteiger partial charge on any atom is 0.310 e. The number of ether oxygens (including phenoxy) is 1. The molecule has 0 saturated carbocycles. The number of nitrogens with one attached hydrogen (secondary N) is 1. The summed E-state index contributed by atoms with van der Waals surface area (Å²) in [6.07, 6.45) is 0.388. The first-order chi connectivity index (χ1) is 7.21. The van der Waals surface area contributed by atoms with E-state index in [1.807, 2.05) is 0 Å². The van der Waals surface area contributed by atoms with E-state index >= 15 is 0 Å². The second-order valence-electron chi connectivity index (χ2n) is 4.18. The zero-order valence-corrected chi connectivity index (χ0v) is 10.6. The molecule has 0 radical (unpaired) electrons. The maximum atomic E-state index is 11.4. The van der Waals surface area contributed by atoms with Crippen molar-refractivity contribution in [2.24, 2.45) is 5.41 Å². The van der Waals surface area contributed by atoms with Gasteiger partial charge < -0.3 is 9.84 Å². The number of hydrogen-bond donors (Lipinski definition) is 2. The van der Waals surface area contributed by atoms with Crippen molar-refractivity contribution in [3.8, 4) is 0 Å². The van der Waals surface area contributed by atoms with E-state index in [4.69, 9.17) is 9.84 Å². The summed E-state index contributed by atoms with van der Waals surface area (Å²) in [6.45, 7) is 3.18. The minimum Gasteiger partial charge on any atom is -0.481 e. The van der Waals surface area contributed by atoms with Crippen molar-refractivity contribution >= 4 is 16.0 Å². The number of carboxylic acids is 1. The SMILES string of the molecule is COCCCS(=O)(=O)NCC(C)(C)C(=O)O. The summed E-state index contributed by atoms with van der Waals surface area (Å²) >= 11 is 0. The molecule has 0 heterocycles. The molecular formula is C9H19NO5S. The van der Waals surface area contributed by atoms with Crippen LogP contribution in [0, 0.1) is 5.41 Å². The molecule has 0 aromatic carbocycles. The highest BCUT2D eigenvalue weighted by Gasteiger charge is 2.28. The smallest absolute Gasteiger partial charge is 0.310 e. The summed E-state index contributed by atoms with van der Waals surface area (Å²) in [7, 11) is -1.92. The van der Waals surface area contributed by atoms with Crippen molar-refractivity contribution in [3.05, 3.63) is 0 Å². The van der Waals surface area contributed by atoms with Crippen molar-refractivity contribution in [2.75, 3.05) is 26.0 Å². The number of carboxylic acid groups (broad SMARTS) is 1.